The number of rotatable bonds is 5. The van der Waals surface area contributed by atoms with Crippen molar-refractivity contribution in [3.63, 3.8) is 0 Å². The zero-order valence-corrected chi connectivity index (χ0v) is 20.5. The number of carbonyl (C=O) groups excluding carboxylic acids is 1. The summed E-state index contributed by atoms with van der Waals surface area (Å²) in [5.41, 5.74) is 2.46. The lowest BCUT2D eigenvalue weighted by Crippen LogP contribution is -2.43. The molecule has 11 nitrogen and oxygen atoms in total. The molecule has 4 N–H and O–H groups in total. The molecule has 36 heavy (non-hydrogen) atoms. The zero-order chi connectivity index (χ0) is 24.8. The van der Waals surface area contributed by atoms with E-state index < -0.39 is 5.69 Å². The minimum Gasteiger partial charge on any atom is -0.493 e. The van der Waals surface area contributed by atoms with Crippen molar-refractivity contribution < 1.29 is 9.90 Å². The van der Waals surface area contributed by atoms with Crippen molar-refractivity contribution in [2.24, 2.45) is 4.99 Å². The highest BCUT2D eigenvalue weighted by molar-refractivity contribution is 7.12. The van der Waals surface area contributed by atoms with Gasteiger partial charge in [0.2, 0.25) is 5.88 Å². The minimum atomic E-state index is -0.502. The molecule has 4 aromatic heterocycles. The van der Waals surface area contributed by atoms with Crippen LogP contribution in [0.4, 0.5) is 0 Å². The van der Waals surface area contributed by atoms with Crippen LogP contribution in [0.5, 0.6) is 5.88 Å². The van der Waals surface area contributed by atoms with Gasteiger partial charge in [0.15, 0.2) is 11.1 Å². The number of piperidine rings is 1. The first kappa shape index (κ1) is 22.7. The third-order valence-corrected chi connectivity index (χ3v) is 7.48. The Hall–Kier alpha value is -3.77. The first-order chi connectivity index (χ1) is 17.4. The molecule has 1 saturated carbocycles. The van der Waals surface area contributed by atoms with E-state index >= 15 is 0 Å². The summed E-state index contributed by atoms with van der Waals surface area (Å²) in [5.74, 6) is -0.313. The molecule has 5 heterocycles. The van der Waals surface area contributed by atoms with Crippen molar-refractivity contribution in [2.45, 2.75) is 37.8 Å². The van der Waals surface area contributed by atoms with Crippen molar-refractivity contribution >= 4 is 29.0 Å². The maximum atomic E-state index is 12.9. The van der Waals surface area contributed by atoms with Gasteiger partial charge in [-0.15, -0.1) is 11.3 Å². The van der Waals surface area contributed by atoms with Crippen LogP contribution in [0.15, 0.2) is 33.5 Å². The molecule has 1 aliphatic carbocycles. The van der Waals surface area contributed by atoms with Crippen LogP contribution in [0.3, 0.4) is 0 Å². The van der Waals surface area contributed by atoms with Gasteiger partial charge in [0.1, 0.15) is 5.69 Å². The lowest BCUT2D eigenvalue weighted by Gasteiger charge is -2.29. The lowest BCUT2D eigenvalue weighted by atomic mass is 10.1. The molecular weight excluding hydrogens is 480 g/mol. The molecule has 1 saturated heterocycles. The van der Waals surface area contributed by atoms with Crippen molar-refractivity contribution in [1.29, 1.82) is 0 Å². The van der Waals surface area contributed by atoms with Gasteiger partial charge in [0.05, 0.1) is 22.8 Å². The Labute approximate surface area is 209 Å². The quantitative estimate of drug-likeness (QED) is 0.312. The highest BCUT2D eigenvalue weighted by Crippen LogP contribution is 2.25. The van der Waals surface area contributed by atoms with E-state index in [1.807, 2.05) is 17.5 Å². The number of nitrogens with one attached hydrogen (secondary N) is 3. The topological polar surface area (TPSA) is 144 Å². The van der Waals surface area contributed by atoms with Crippen LogP contribution in [0, 0.1) is 0 Å². The van der Waals surface area contributed by atoms with E-state index in [2.05, 4.69) is 32.3 Å². The summed E-state index contributed by atoms with van der Waals surface area (Å²) < 4.78 is 1.66. The molecule has 0 bridgehead atoms. The van der Waals surface area contributed by atoms with Crippen LogP contribution in [0.2, 0.25) is 0 Å². The number of hydrogen-bond donors (Lipinski definition) is 4. The molecule has 0 unspecified atom stereocenters. The molecule has 2 fully saturated rings. The van der Waals surface area contributed by atoms with Gasteiger partial charge in [-0.3, -0.25) is 14.8 Å². The SMILES string of the molecule is CN1CCC(NC(=O)c2cc(-c3cc(=NC4CC4)n4nc/c(=C/c5[nH]c(=O)[nH]c5O)c4n3)cs2)CC1. The molecule has 1 aliphatic heterocycles. The highest BCUT2D eigenvalue weighted by atomic mass is 32.1. The van der Waals surface area contributed by atoms with E-state index in [-0.39, 0.29) is 29.6 Å². The monoisotopic (exact) mass is 506 g/mol. The minimum absolute atomic E-state index is 0.0602. The van der Waals surface area contributed by atoms with Crippen LogP contribution in [-0.2, 0) is 0 Å². The first-order valence-corrected chi connectivity index (χ1v) is 12.8. The predicted octanol–water partition coefficient (Wildman–Crippen LogP) is 0.615. The molecule has 0 atom stereocenters. The van der Waals surface area contributed by atoms with Gasteiger partial charge < -0.3 is 20.3 Å². The van der Waals surface area contributed by atoms with Gasteiger partial charge in [-0.2, -0.15) is 9.61 Å². The average molecular weight is 507 g/mol. The Morgan fingerprint density at radius 2 is 2.06 bits per heavy atom. The number of aromatic nitrogens is 5. The van der Waals surface area contributed by atoms with E-state index in [1.54, 1.807) is 16.8 Å². The molecule has 186 valence electrons. The Morgan fingerprint density at radius 1 is 1.25 bits per heavy atom. The fourth-order valence-corrected chi connectivity index (χ4v) is 5.15. The Bertz CT molecular complexity index is 1620. The summed E-state index contributed by atoms with van der Waals surface area (Å²) in [5, 5.41) is 20.1. The summed E-state index contributed by atoms with van der Waals surface area (Å²) in [6.07, 6.45) is 7.22. The number of carbonyl (C=O) groups is 1. The average Bonchev–Trinajstić information content (AvgIpc) is 3.24. The molecule has 1 amide bonds. The second-order valence-corrected chi connectivity index (χ2v) is 10.3. The normalized spacial score (nSPS) is 18.4. The van der Waals surface area contributed by atoms with E-state index in [4.69, 9.17) is 9.98 Å². The van der Waals surface area contributed by atoms with Gasteiger partial charge >= 0.3 is 5.69 Å². The maximum absolute atomic E-state index is 12.9. The van der Waals surface area contributed by atoms with E-state index in [0.717, 1.165) is 44.3 Å². The molecule has 2 aliphatic rings. The number of fused-ring (bicyclic) bond motifs is 1. The molecule has 4 aromatic rings. The van der Waals surface area contributed by atoms with Crippen LogP contribution in [0.25, 0.3) is 23.0 Å². The molecule has 0 radical (unpaired) electrons. The number of aromatic hydroxyl groups is 1. The summed E-state index contributed by atoms with van der Waals surface area (Å²) in [6, 6.07) is 4.21. The van der Waals surface area contributed by atoms with Crippen molar-refractivity contribution in [1.82, 2.24) is 34.8 Å². The fraction of sp³-hybridized carbons (Fsp3) is 0.375. The number of nitrogens with zero attached hydrogens (tertiary/aromatic N) is 5. The van der Waals surface area contributed by atoms with Gasteiger partial charge in [-0.25, -0.2) is 9.78 Å². The van der Waals surface area contributed by atoms with Crippen LogP contribution in [-0.4, -0.2) is 72.7 Å². The molecule has 12 heteroatoms. The third kappa shape index (κ3) is 4.56. The smallest absolute Gasteiger partial charge is 0.326 e. The number of aromatic amines is 2. The Morgan fingerprint density at radius 3 is 2.78 bits per heavy atom. The summed E-state index contributed by atoms with van der Waals surface area (Å²) >= 11 is 1.39. The first-order valence-electron chi connectivity index (χ1n) is 12.0. The van der Waals surface area contributed by atoms with Crippen molar-refractivity contribution in [2.75, 3.05) is 20.1 Å². The van der Waals surface area contributed by atoms with Crippen LogP contribution < -0.4 is 21.7 Å². The van der Waals surface area contributed by atoms with Crippen molar-refractivity contribution in [3.05, 3.63) is 55.5 Å². The van der Waals surface area contributed by atoms with Crippen LogP contribution >= 0.6 is 11.3 Å². The van der Waals surface area contributed by atoms with E-state index in [0.29, 0.717) is 26.9 Å². The number of H-pyrrole nitrogens is 2. The number of imidazole rings is 1. The molecule has 6 rings (SSSR count). The fourth-order valence-electron chi connectivity index (χ4n) is 4.34. The number of hydrogen-bond acceptors (Lipinski definition) is 8. The standard InChI is InChI=1S/C24H26N8O3S/c1-31-6-4-16(5-7-31)27-23(34)19-9-14(12-36-19)17-10-20(26-15-2-3-15)32-21(28-17)13(11-25-32)8-18-22(33)30-24(35)29-18/h8-12,15-16,33H,2-7H2,1H3,(H,27,34)(H2,29,30,35)/b13-8-,26-20?. The number of likely N-dealkylation sites (tertiary alicyclic amines) is 1. The zero-order valence-electron chi connectivity index (χ0n) is 19.7. The van der Waals surface area contributed by atoms with E-state index in [9.17, 15) is 14.7 Å². The van der Waals surface area contributed by atoms with Gasteiger partial charge in [0, 0.05) is 28.3 Å². The van der Waals surface area contributed by atoms with Gasteiger partial charge in [0.25, 0.3) is 5.91 Å². The second-order valence-electron chi connectivity index (χ2n) is 9.43. The van der Waals surface area contributed by atoms with E-state index in [1.165, 1.54) is 11.3 Å². The van der Waals surface area contributed by atoms with Crippen molar-refractivity contribution in [3.8, 4) is 17.1 Å². The Kier molecular flexibility index (Phi) is 5.69. The lowest BCUT2D eigenvalue weighted by molar-refractivity contribution is 0.0921. The molecule has 0 spiro atoms. The predicted molar refractivity (Wildman–Crippen MR) is 135 cm³/mol. The largest absolute Gasteiger partial charge is 0.493 e. The molecule has 0 aromatic carbocycles. The van der Waals surface area contributed by atoms with Gasteiger partial charge in [-0.05, 0) is 58.0 Å². The summed E-state index contributed by atoms with van der Waals surface area (Å²) in [7, 11) is 2.10. The Balaban J connectivity index is 1.37. The summed E-state index contributed by atoms with van der Waals surface area (Å²) in [4.78, 5) is 41.8. The summed E-state index contributed by atoms with van der Waals surface area (Å²) in [6.45, 7) is 1.97. The van der Waals surface area contributed by atoms with Crippen LogP contribution in [0.1, 0.15) is 41.0 Å². The number of thiophene rings is 1. The maximum Gasteiger partial charge on any atom is 0.326 e. The number of amides is 1. The molecular formula is C24H26N8O3S. The second kappa shape index (κ2) is 9.03. The van der Waals surface area contributed by atoms with Gasteiger partial charge in [-0.1, -0.05) is 0 Å². The highest BCUT2D eigenvalue weighted by Gasteiger charge is 2.22. The third-order valence-electron chi connectivity index (χ3n) is 6.55.